The van der Waals surface area contributed by atoms with Gasteiger partial charge in [0.1, 0.15) is 5.60 Å². The summed E-state index contributed by atoms with van der Waals surface area (Å²) in [4.78, 5) is 30.2. The van der Waals surface area contributed by atoms with E-state index in [-0.39, 0.29) is 11.9 Å². The van der Waals surface area contributed by atoms with Gasteiger partial charge in [-0.15, -0.1) is 0 Å². The average Bonchev–Trinajstić information content (AvgIpc) is 2.53. The van der Waals surface area contributed by atoms with Crippen LogP contribution >= 0.6 is 0 Å². The molecule has 3 heterocycles. The first-order chi connectivity index (χ1) is 12.2. The highest BCUT2D eigenvalue weighted by Crippen LogP contribution is 2.34. The Balaban J connectivity index is 1.44. The van der Waals surface area contributed by atoms with E-state index in [2.05, 4.69) is 9.88 Å². The lowest BCUT2D eigenvalue weighted by Gasteiger charge is -2.46. The summed E-state index contributed by atoms with van der Waals surface area (Å²) in [5, 5.41) is 10.7. The number of carbonyl (C=O) groups excluding carboxylic acids is 1. The van der Waals surface area contributed by atoms with Crippen LogP contribution in [0, 0.1) is 22.0 Å². The number of likely N-dealkylation sites (tertiary alicyclic amines) is 1. The topological polar surface area (TPSA) is 88.8 Å². The fourth-order valence-electron chi connectivity index (χ4n) is 3.57. The Bertz CT molecular complexity index is 657. The quantitative estimate of drug-likeness (QED) is 0.606. The van der Waals surface area contributed by atoms with Crippen molar-refractivity contribution >= 4 is 17.6 Å². The van der Waals surface area contributed by atoms with Crippen LogP contribution in [0.15, 0.2) is 18.3 Å². The monoisotopic (exact) mass is 362 g/mol. The van der Waals surface area contributed by atoms with Gasteiger partial charge < -0.3 is 24.7 Å². The minimum atomic E-state index is -0.485. The first-order valence-corrected chi connectivity index (χ1v) is 9.06. The van der Waals surface area contributed by atoms with Crippen LogP contribution in [0.4, 0.5) is 16.3 Å². The molecule has 3 rings (SSSR count). The largest absolute Gasteiger partial charge is 0.444 e. The third-order valence-electron chi connectivity index (χ3n) is 5.05. The Labute approximate surface area is 153 Å². The van der Waals surface area contributed by atoms with Gasteiger partial charge in [-0.05, 0) is 61.4 Å². The van der Waals surface area contributed by atoms with Gasteiger partial charge in [0.2, 0.25) is 0 Å². The lowest BCUT2D eigenvalue weighted by atomic mass is 9.79. The van der Waals surface area contributed by atoms with E-state index < -0.39 is 10.5 Å². The van der Waals surface area contributed by atoms with Gasteiger partial charge in [0.25, 0.3) is 0 Å². The Kier molecular flexibility index (Phi) is 5.02. The molecule has 0 aromatic carbocycles. The van der Waals surface area contributed by atoms with Gasteiger partial charge in [0, 0.05) is 32.2 Å². The fraction of sp³-hybridized carbons (Fsp3) is 0.667. The number of rotatable bonds is 3. The number of piperidine rings is 1. The van der Waals surface area contributed by atoms with Crippen molar-refractivity contribution in [2.45, 2.75) is 39.2 Å². The third kappa shape index (κ3) is 4.23. The molecule has 0 N–H and O–H groups in total. The van der Waals surface area contributed by atoms with Crippen molar-refractivity contribution in [1.29, 1.82) is 0 Å². The zero-order valence-electron chi connectivity index (χ0n) is 15.6. The molecule has 0 saturated carbocycles. The number of nitro groups is 1. The predicted octanol–water partition coefficient (Wildman–Crippen LogP) is 3.07. The van der Waals surface area contributed by atoms with Crippen molar-refractivity contribution in [2.75, 3.05) is 31.1 Å². The van der Waals surface area contributed by atoms with Crippen LogP contribution in [-0.2, 0) is 4.74 Å². The molecule has 8 nitrogen and oxygen atoms in total. The summed E-state index contributed by atoms with van der Waals surface area (Å²) in [5.41, 5.74) is 0.472. The van der Waals surface area contributed by atoms with Crippen molar-refractivity contribution in [3.8, 4) is 0 Å². The van der Waals surface area contributed by atoms with E-state index in [4.69, 9.17) is 4.74 Å². The van der Waals surface area contributed by atoms with Gasteiger partial charge in [-0.25, -0.2) is 4.79 Å². The summed E-state index contributed by atoms with van der Waals surface area (Å²) in [6, 6.07) is 3.20. The number of hydrogen-bond acceptors (Lipinski definition) is 6. The molecule has 2 saturated heterocycles. The highest BCUT2D eigenvalue weighted by atomic mass is 16.6. The molecular weight excluding hydrogens is 336 g/mol. The second-order valence-electron chi connectivity index (χ2n) is 8.10. The average molecular weight is 362 g/mol. The number of anilines is 1. The second kappa shape index (κ2) is 7.09. The molecule has 8 heteroatoms. The molecule has 2 aliphatic rings. The molecule has 0 unspecified atom stereocenters. The Morgan fingerprint density at radius 1 is 1.23 bits per heavy atom. The third-order valence-corrected chi connectivity index (χ3v) is 5.05. The van der Waals surface area contributed by atoms with E-state index in [0.717, 1.165) is 44.7 Å². The van der Waals surface area contributed by atoms with Crippen molar-refractivity contribution in [3.63, 3.8) is 0 Å². The summed E-state index contributed by atoms with van der Waals surface area (Å²) in [7, 11) is 0. The summed E-state index contributed by atoms with van der Waals surface area (Å²) in [6.45, 7) is 9.02. The number of nitrogens with zero attached hydrogens (tertiary/aromatic N) is 4. The molecule has 0 atom stereocenters. The highest BCUT2D eigenvalue weighted by Gasteiger charge is 2.37. The smallest absolute Gasteiger partial charge is 0.410 e. The molecule has 1 aromatic rings. The predicted molar refractivity (Wildman–Crippen MR) is 97.1 cm³/mol. The van der Waals surface area contributed by atoms with E-state index in [1.165, 1.54) is 6.07 Å². The minimum absolute atomic E-state index is 0.125. The summed E-state index contributed by atoms with van der Waals surface area (Å²) in [6.07, 6.45) is 3.34. The molecule has 142 valence electrons. The maximum absolute atomic E-state index is 12.1. The molecule has 1 aromatic heterocycles. The van der Waals surface area contributed by atoms with Crippen LogP contribution in [0.25, 0.3) is 0 Å². The van der Waals surface area contributed by atoms with Gasteiger partial charge in [0.05, 0.1) is 5.69 Å². The van der Waals surface area contributed by atoms with Crippen LogP contribution in [0.2, 0.25) is 0 Å². The van der Waals surface area contributed by atoms with E-state index >= 15 is 0 Å². The number of hydrogen-bond donors (Lipinski definition) is 0. The van der Waals surface area contributed by atoms with Crippen molar-refractivity contribution in [3.05, 3.63) is 28.4 Å². The maximum atomic E-state index is 12.1. The zero-order chi connectivity index (χ0) is 18.9. The molecule has 0 spiro atoms. The van der Waals surface area contributed by atoms with Gasteiger partial charge >= 0.3 is 11.9 Å². The van der Waals surface area contributed by atoms with Crippen LogP contribution in [0.5, 0.6) is 0 Å². The fourth-order valence-corrected chi connectivity index (χ4v) is 3.57. The Hall–Kier alpha value is -2.38. The number of amides is 1. The molecule has 0 aliphatic carbocycles. The summed E-state index contributed by atoms with van der Waals surface area (Å²) >= 11 is 0. The van der Waals surface area contributed by atoms with Gasteiger partial charge in [-0.1, -0.05) is 0 Å². The van der Waals surface area contributed by atoms with Crippen LogP contribution in [0.1, 0.15) is 33.6 Å². The summed E-state index contributed by atoms with van der Waals surface area (Å²) in [5.74, 6) is 1.09. The lowest BCUT2D eigenvalue weighted by molar-refractivity contribution is -0.389. The van der Waals surface area contributed by atoms with Crippen molar-refractivity contribution < 1.29 is 14.5 Å². The molecule has 1 amide bonds. The van der Waals surface area contributed by atoms with Crippen LogP contribution < -0.4 is 4.90 Å². The van der Waals surface area contributed by atoms with E-state index in [9.17, 15) is 14.9 Å². The Morgan fingerprint density at radius 2 is 1.88 bits per heavy atom. The van der Waals surface area contributed by atoms with Gasteiger partial charge in [0.15, 0.2) is 6.20 Å². The van der Waals surface area contributed by atoms with E-state index in [0.29, 0.717) is 11.8 Å². The SMILES string of the molecule is CC(C)(C)OC(=O)N1CCC(C2CN(c3ccc([N+](=O)[O-])nc3)C2)CC1. The number of aromatic nitrogens is 1. The first kappa shape index (κ1) is 18.4. The van der Waals surface area contributed by atoms with E-state index in [1.807, 2.05) is 20.8 Å². The van der Waals surface area contributed by atoms with Crippen LogP contribution in [0.3, 0.4) is 0 Å². The standard InChI is InChI=1S/C18H26N4O4/c1-18(2,3)26-17(23)20-8-6-13(7-9-20)14-11-21(12-14)15-4-5-16(19-10-15)22(24)25/h4-5,10,13-14H,6-9,11-12H2,1-3H3. The number of pyridine rings is 1. The molecule has 0 radical (unpaired) electrons. The van der Waals surface area contributed by atoms with Gasteiger partial charge in [-0.2, -0.15) is 0 Å². The minimum Gasteiger partial charge on any atom is -0.444 e. The zero-order valence-corrected chi connectivity index (χ0v) is 15.6. The highest BCUT2D eigenvalue weighted by molar-refractivity contribution is 5.68. The molecule has 2 aliphatic heterocycles. The van der Waals surface area contributed by atoms with Crippen molar-refractivity contribution in [1.82, 2.24) is 9.88 Å². The maximum Gasteiger partial charge on any atom is 0.410 e. The summed E-state index contributed by atoms with van der Waals surface area (Å²) < 4.78 is 5.44. The number of carbonyl (C=O) groups is 1. The number of ether oxygens (including phenoxy) is 1. The molecule has 0 bridgehead atoms. The second-order valence-corrected chi connectivity index (χ2v) is 8.10. The molecule has 26 heavy (non-hydrogen) atoms. The van der Waals surface area contributed by atoms with E-state index in [1.54, 1.807) is 17.2 Å². The van der Waals surface area contributed by atoms with Gasteiger partial charge in [-0.3, -0.25) is 0 Å². The van der Waals surface area contributed by atoms with Crippen molar-refractivity contribution in [2.24, 2.45) is 11.8 Å². The Morgan fingerprint density at radius 3 is 2.38 bits per heavy atom. The normalized spacial score (nSPS) is 19.2. The molecule has 2 fully saturated rings. The lowest BCUT2D eigenvalue weighted by Crippen LogP contribution is -2.53. The molecular formula is C18H26N4O4. The first-order valence-electron chi connectivity index (χ1n) is 9.06. The van der Waals surface area contributed by atoms with Crippen LogP contribution in [-0.4, -0.2) is 52.7 Å².